The molecule has 0 radical (unpaired) electrons. The third kappa shape index (κ3) is 6.25. The van der Waals surface area contributed by atoms with E-state index >= 15 is 0 Å². The fourth-order valence-corrected chi connectivity index (χ4v) is 5.86. The third-order valence-corrected chi connectivity index (χ3v) is 8.53. The molecule has 0 rings (SSSR count). The highest BCUT2D eigenvalue weighted by molar-refractivity contribution is 7.75. The molecule has 0 saturated heterocycles. The van der Waals surface area contributed by atoms with E-state index in [-0.39, 0.29) is 12.4 Å². The highest BCUT2D eigenvalue weighted by Crippen LogP contribution is 2.59. The first-order valence-electron chi connectivity index (χ1n) is 6.09. The molecule has 0 nitrogen and oxygen atoms in total. The Kier molecular flexibility index (Phi) is 12.5. The van der Waals surface area contributed by atoms with Crippen LogP contribution in [0.1, 0.15) is 53.4 Å². The molecule has 0 unspecified atom stereocenters. The van der Waals surface area contributed by atoms with Gasteiger partial charge in [0.1, 0.15) is 0 Å². The molecule has 0 heterocycles. The molecule has 0 aliphatic carbocycles. The van der Waals surface area contributed by atoms with E-state index in [1.807, 2.05) is 0 Å². The molecule has 0 saturated carbocycles. The minimum absolute atomic E-state index is 0. The number of unbranched alkanes of at least 4 members (excludes halogenated alkanes) is 2. The molecule has 0 aromatic carbocycles. The van der Waals surface area contributed by atoms with Gasteiger partial charge in [-0.2, -0.15) is 0 Å². The van der Waals surface area contributed by atoms with Crippen LogP contribution in [0.15, 0.2) is 0 Å². The van der Waals surface area contributed by atoms with Crippen LogP contribution in [0.3, 0.4) is 0 Å². The summed E-state index contributed by atoms with van der Waals surface area (Å²) in [5.41, 5.74) is 0. The third-order valence-electron chi connectivity index (χ3n) is 3.31. The minimum Gasteiger partial charge on any atom is -1.00 e. The lowest BCUT2D eigenvalue weighted by Gasteiger charge is -2.24. The smallest absolute Gasteiger partial charge is 0.0594 e. The second kappa shape index (κ2) is 10.2. The van der Waals surface area contributed by atoms with Crippen molar-refractivity contribution >= 4 is 7.26 Å². The molecule has 14 heavy (non-hydrogen) atoms. The molecule has 0 N–H and O–H groups in total. The average molecular weight is 239 g/mol. The summed E-state index contributed by atoms with van der Waals surface area (Å²) in [5, 5.41) is 0. The highest BCUT2D eigenvalue weighted by atomic mass is 35.5. The van der Waals surface area contributed by atoms with Gasteiger partial charge in [-0.3, -0.25) is 0 Å². The Hall–Kier alpha value is 0.720. The minimum atomic E-state index is -0.491. The molecule has 0 aliphatic heterocycles. The highest BCUT2D eigenvalue weighted by Gasteiger charge is 2.31. The normalized spacial score (nSPS) is 11.1. The average Bonchev–Trinajstić information content (AvgIpc) is 2.20. The summed E-state index contributed by atoms with van der Waals surface area (Å²) in [6.07, 6.45) is 11.8. The predicted octanol–water partition coefficient (Wildman–Crippen LogP) is 1.65. The molecular weight excluding hydrogens is 211 g/mol. The van der Waals surface area contributed by atoms with E-state index in [2.05, 4.69) is 27.7 Å². The van der Waals surface area contributed by atoms with Gasteiger partial charge in [-0.05, 0) is 26.7 Å². The lowest BCUT2D eigenvalue weighted by molar-refractivity contribution is -0.00000312. The Labute approximate surface area is 98.0 Å². The monoisotopic (exact) mass is 238 g/mol. The van der Waals surface area contributed by atoms with E-state index in [4.69, 9.17) is 0 Å². The lowest BCUT2D eigenvalue weighted by atomic mass is 10.4. The van der Waals surface area contributed by atoms with Crippen LogP contribution in [0.5, 0.6) is 0 Å². The largest absolute Gasteiger partial charge is 1.00 e. The van der Waals surface area contributed by atoms with Crippen LogP contribution >= 0.6 is 7.26 Å². The molecule has 88 valence electrons. The van der Waals surface area contributed by atoms with Gasteiger partial charge >= 0.3 is 0 Å². The van der Waals surface area contributed by atoms with Crippen molar-refractivity contribution in [2.75, 3.05) is 24.6 Å². The number of hydrogen-bond acceptors (Lipinski definition) is 0. The standard InChI is InChI=1S/C12H28P.ClH/c1-5-9-11-13(7-3,8-4)12-10-6-2;/h5-12H2,1-4H3;1H/q+1;/p-1. The van der Waals surface area contributed by atoms with Crippen molar-refractivity contribution in [2.24, 2.45) is 0 Å². The summed E-state index contributed by atoms with van der Waals surface area (Å²) >= 11 is 0. The van der Waals surface area contributed by atoms with Gasteiger partial charge in [-0.15, -0.1) is 0 Å². The van der Waals surface area contributed by atoms with Gasteiger partial charge in [-0.1, -0.05) is 26.7 Å². The van der Waals surface area contributed by atoms with Crippen LogP contribution in [-0.2, 0) is 0 Å². The van der Waals surface area contributed by atoms with E-state index < -0.39 is 7.26 Å². The zero-order valence-corrected chi connectivity index (χ0v) is 12.1. The number of halogens is 1. The Balaban J connectivity index is 0. The first-order valence-corrected chi connectivity index (χ1v) is 8.62. The van der Waals surface area contributed by atoms with Crippen molar-refractivity contribution in [3.63, 3.8) is 0 Å². The van der Waals surface area contributed by atoms with Crippen molar-refractivity contribution in [1.82, 2.24) is 0 Å². The molecule has 0 aliphatic rings. The van der Waals surface area contributed by atoms with Crippen LogP contribution in [0, 0.1) is 0 Å². The predicted molar refractivity (Wildman–Crippen MR) is 67.6 cm³/mol. The molecule has 0 aromatic rings. The molecule has 0 atom stereocenters. The summed E-state index contributed by atoms with van der Waals surface area (Å²) in [7, 11) is -0.491. The zero-order valence-electron chi connectivity index (χ0n) is 10.5. The van der Waals surface area contributed by atoms with E-state index in [0.29, 0.717) is 0 Å². The van der Waals surface area contributed by atoms with Crippen molar-refractivity contribution in [3.05, 3.63) is 0 Å². The lowest BCUT2D eigenvalue weighted by Crippen LogP contribution is -3.00. The SMILES string of the molecule is CCCC[P+](CC)(CC)CCCC.[Cl-]. The molecular formula is C12H28ClP. The van der Waals surface area contributed by atoms with Gasteiger partial charge in [0.2, 0.25) is 0 Å². The van der Waals surface area contributed by atoms with E-state index in [1.54, 1.807) is 12.3 Å². The summed E-state index contributed by atoms with van der Waals surface area (Å²) in [6.45, 7) is 9.48. The molecule has 0 spiro atoms. The Morgan fingerprint density at radius 3 is 1.29 bits per heavy atom. The zero-order chi connectivity index (χ0) is 10.2. The first kappa shape index (κ1) is 17.1. The maximum Gasteiger partial charge on any atom is 0.0594 e. The molecule has 0 amide bonds. The maximum atomic E-state index is 2.42. The molecule has 2 heteroatoms. The molecule has 0 aromatic heterocycles. The van der Waals surface area contributed by atoms with Crippen LogP contribution in [0.25, 0.3) is 0 Å². The molecule has 0 fully saturated rings. The Bertz CT molecular complexity index is 101. The van der Waals surface area contributed by atoms with Gasteiger partial charge in [0.05, 0.1) is 24.6 Å². The van der Waals surface area contributed by atoms with E-state index in [9.17, 15) is 0 Å². The topological polar surface area (TPSA) is 0 Å². The summed E-state index contributed by atoms with van der Waals surface area (Å²) in [5.74, 6) is 0. The Morgan fingerprint density at radius 2 is 1.07 bits per heavy atom. The summed E-state index contributed by atoms with van der Waals surface area (Å²) in [4.78, 5) is 0. The van der Waals surface area contributed by atoms with Crippen LogP contribution in [0.2, 0.25) is 0 Å². The number of rotatable bonds is 8. The number of hydrogen-bond donors (Lipinski definition) is 0. The summed E-state index contributed by atoms with van der Waals surface area (Å²) < 4.78 is 0. The van der Waals surface area contributed by atoms with Gasteiger partial charge in [0.25, 0.3) is 0 Å². The van der Waals surface area contributed by atoms with Gasteiger partial charge in [0.15, 0.2) is 0 Å². The van der Waals surface area contributed by atoms with Crippen LogP contribution in [-0.4, -0.2) is 24.6 Å². The first-order chi connectivity index (χ1) is 6.24. The second-order valence-corrected chi connectivity index (χ2v) is 8.97. The van der Waals surface area contributed by atoms with Crippen molar-refractivity contribution in [2.45, 2.75) is 53.4 Å². The quantitative estimate of drug-likeness (QED) is 0.564. The van der Waals surface area contributed by atoms with Crippen molar-refractivity contribution < 1.29 is 12.4 Å². The fraction of sp³-hybridized carbons (Fsp3) is 1.00. The summed E-state index contributed by atoms with van der Waals surface area (Å²) in [6, 6.07) is 0. The van der Waals surface area contributed by atoms with Crippen LogP contribution in [0.4, 0.5) is 0 Å². The van der Waals surface area contributed by atoms with Gasteiger partial charge in [-0.25, -0.2) is 0 Å². The Morgan fingerprint density at radius 1 is 0.714 bits per heavy atom. The van der Waals surface area contributed by atoms with Crippen molar-refractivity contribution in [1.29, 1.82) is 0 Å². The molecule has 0 bridgehead atoms. The van der Waals surface area contributed by atoms with Crippen molar-refractivity contribution in [3.8, 4) is 0 Å². The van der Waals surface area contributed by atoms with Gasteiger partial charge in [0, 0.05) is 7.26 Å². The van der Waals surface area contributed by atoms with Crippen LogP contribution < -0.4 is 12.4 Å². The maximum absolute atomic E-state index is 2.42. The second-order valence-electron chi connectivity index (χ2n) is 4.13. The van der Waals surface area contributed by atoms with E-state index in [1.165, 1.54) is 38.0 Å². The fourth-order valence-electron chi connectivity index (χ4n) is 1.95. The van der Waals surface area contributed by atoms with Gasteiger partial charge < -0.3 is 12.4 Å². The van der Waals surface area contributed by atoms with E-state index in [0.717, 1.165) is 0 Å².